The fourth-order valence-electron chi connectivity index (χ4n) is 1.55. The van der Waals surface area contributed by atoms with Crippen LogP contribution in [0.2, 0.25) is 0 Å². The van der Waals surface area contributed by atoms with E-state index in [0.717, 1.165) is 0 Å². The van der Waals surface area contributed by atoms with E-state index in [2.05, 4.69) is 9.97 Å². The Labute approximate surface area is 105 Å². The van der Waals surface area contributed by atoms with E-state index in [1.807, 2.05) is 6.07 Å². The molecular formula is C13H13N3O2. The maximum absolute atomic E-state index is 12.2. The van der Waals surface area contributed by atoms with E-state index in [9.17, 15) is 4.79 Å². The van der Waals surface area contributed by atoms with Crippen LogP contribution in [-0.4, -0.2) is 28.0 Å². The highest BCUT2D eigenvalue weighted by molar-refractivity contribution is 6.05. The van der Waals surface area contributed by atoms with Crippen molar-refractivity contribution in [3.63, 3.8) is 0 Å². The van der Waals surface area contributed by atoms with Crippen molar-refractivity contribution in [2.45, 2.75) is 6.61 Å². The smallest absolute Gasteiger partial charge is 0.259 e. The van der Waals surface area contributed by atoms with Gasteiger partial charge in [0, 0.05) is 25.0 Å². The quantitative estimate of drug-likeness (QED) is 0.881. The highest BCUT2D eigenvalue weighted by Crippen LogP contribution is 2.12. The summed E-state index contributed by atoms with van der Waals surface area (Å²) in [6.45, 7) is -0.186. The minimum Gasteiger partial charge on any atom is -0.390 e. The molecule has 0 unspecified atom stereocenters. The third kappa shape index (κ3) is 2.52. The molecule has 1 amide bonds. The summed E-state index contributed by atoms with van der Waals surface area (Å²) in [5.41, 5.74) is 0.942. The number of hydrogen-bond donors (Lipinski definition) is 1. The van der Waals surface area contributed by atoms with E-state index in [-0.39, 0.29) is 12.5 Å². The monoisotopic (exact) mass is 243 g/mol. The Kier molecular flexibility index (Phi) is 3.64. The first-order chi connectivity index (χ1) is 8.72. The van der Waals surface area contributed by atoms with Crippen LogP contribution in [0, 0.1) is 0 Å². The van der Waals surface area contributed by atoms with Crippen LogP contribution in [0.4, 0.5) is 5.82 Å². The predicted molar refractivity (Wildman–Crippen MR) is 67.1 cm³/mol. The van der Waals surface area contributed by atoms with Crippen molar-refractivity contribution in [3.8, 4) is 0 Å². The molecule has 18 heavy (non-hydrogen) atoms. The predicted octanol–water partition coefficient (Wildman–Crippen LogP) is 1.25. The van der Waals surface area contributed by atoms with Gasteiger partial charge < -0.3 is 5.11 Å². The van der Waals surface area contributed by atoms with Gasteiger partial charge in [-0.2, -0.15) is 0 Å². The van der Waals surface area contributed by atoms with Gasteiger partial charge in [-0.1, -0.05) is 6.07 Å². The third-order valence-corrected chi connectivity index (χ3v) is 2.52. The largest absolute Gasteiger partial charge is 0.390 e. The van der Waals surface area contributed by atoms with E-state index in [4.69, 9.17) is 5.11 Å². The lowest BCUT2D eigenvalue weighted by Crippen LogP contribution is -2.27. The topological polar surface area (TPSA) is 66.3 Å². The third-order valence-electron chi connectivity index (χ3n) is 2.52. The lowest BCUT2D eigenvalue weighted by molar-refractivity contribution is 0.0992. The lowest BCUT2D eigenvalue weighted by atomic mass is 10.2. The molecule has 1 N–H and O–H groups in total. The van der Waals surface area contributed by atoms with Crippen LogP contribution in [0.3, 0.4) is 0 Å². The molecule has 0 aliphatic carbocycles. The minimum absolute atomic E-state index is 0.186. The Hall–Kier alpha value is -2.27. The van der Waals surface area contributed by atoms with Gasteiger partial charge >= 0.3 is 0 Å². The van der Waals surface area contributed by atoms with Gasteiger partial charge in [0.2, 0.25) is 0 Å². The minimum atomic E-state index is -0.189. The van der Waals surface area contributed by atoms with Crippen molar-refractivity contribution < 1.29 is 9.90 Å². The van der Waals surface area contributed by atoms with Gasteiger partial charge in [0.25, 0.3) is 5.91 Å². The SMILES string of the molecule is CN(C(=O)c1ccnc(CO)c1)c1ccccn1. The standard InChI is InChI=1S/C13H13N3O2/c1-16(12-4-2-3-6-15-12)13(18)10-5-7-14-11(8-10)9-17/h2-8,17H,9H2,1H3. The average Bonchev–Trinajstić information content (AvgIpc) is 2.46. The Morgan fingerprint density at radius 1 is 1.28 bits per heavy atom. The second kappa shape index (κ2) is 5.37. The molecule has 0 aliphatic heterocycles. The van der Waals surface area contributed by atoms with Crippen molar-refractivity contribution in [3.05, 3.63) is 54.0 Å². The van der Waals surface area contributed by atoms with Crippen molar-refractivity contribution in [2.75, 3.05) is 11.9 Å². The summed E-state index contributed by atoms with van der Waals surface area (Å²) in [7, 11) is 1.66. The first kappa shape index (κ1) is 12.2. The number of aliphatic hydroxyl groups is 1. The van der Waals surface area contributed by atoms with Gasteiger partial charge in [-0.05, 0) is 24.3 Å². The molecular weight excluding hydrogens is 230 g/mol. The molecule has 0 spiro atoms. The summed E-state index contributed by atoms with van der Waals surface area (Å²) in [6, 6.07) is 8.55. The van der Waals surface area contributed by atoms with Crippen LogP contribution in [-0.2, 0) is 6.61 Å². The molecule has 5 heteroatoms. The van der Waals surface area contributed by atoms with E-state index < -0.39 is 0 Å². The molecule has 0 saturated carbocycles. The summed E-state index contributed by atoms with van der Waals surface area (Å²) in [4.78, 5) is 21.7. The number of nitrogens with zero attached hydrogens (tertiary/aromatic N) is 3. The molecule has 0 aliphatic rings. The van der Waals surface area contributed by atoms with Crippen LogP contribution in [0.5, 0.6) is 0 Å². The zero-order chi connectivity index (χ0) is 13.0. The molecule has 2 aromatic rings. The van der Waals surface area contributed by atoms with Crippen LogP contribution in [0.1, 0.15) is 16.1 Å². The second-order valence-electron chi connectivity index (χ2n) is 3.75. The van der Waals surface area contributed by atoms with E-state index in [1.54, 1.807) is 37.5 Å². The van der Waals surface area contributed by atoms with Gasteiger partial charge in [-0.25, -0.2) is 4.98 Å². The average molecular weight is 243 g/mol. The number of hydrogen-bond acceptors (Lipinski definition) is 4. The van der Waals surface area contributed by atoms with Crippen LogP contribution >= 0.6 is 0 Å². The van der Waals surface area contributed by atoms with Crippen molar-refractivity contribution in [2.24, 2.45) is 0 Å². The van der Waals surface area contributed by atoms with E-state index >= 15 is 0 Å². The fraction of sp³-hybridized carbons (Fsp3) is 0.154. The van der Waals surface area contributed by atoms with Crippen molar-refractivity contribution in [1.29, 1.82) is 0 Å². The zero-order valence-electron chi connectivity index (χ0n) is 9.95. The summed E-state index contributed by atoms with van der Waals surface area (Å²) in [5, 5.41) is 9.00. The van der Waals surface area contributed by atoms with Gasteiger partial charge in [0.15, 0.2) is 0 Å². The number of pyridine rings is 2. The molecule has 0 bridgehead atoms. The summed E-state index contributed by atoms with van der Waals surface area (Å²) < 4.78 is 0. The summed E-state index contributed by atoms with van der Waals surface area (Å²) >= 11 is 0. The molecule has 0 atom stereocenters. The number of carbonyl (C=O) groups is 1. The molecule has 0 aromatic carbocycles. The molecule has 2 rings (SSSR count). The Morgan fingerprint density at radius 3 is 2.78 bits per heavy atom. The van der Waals surface area contributed by atoms with Crippen LogP contribution < -0.4 is 4.90 Å². The lowest BCUT2D eigenvalue weighted by Gasteiger charge is -2.16. The second-order valence-corrected chi connectivity index (χ2v) is 3.75. The molecule has 5 nitrogen and oxygen atoms in total. The summed E-state index contributed by atoms with van der Waals surface area (Å²) in [5.74, 6) is 0.385. The first-order valence-electron chi connectivity index (χ1n) is 5.47. The maximum Gasteiger partial charge on any atom is 0.259 e. The number of carbonyl (C=O) groups excluding carboxylic acids is 1. The van der Waals surface area contributed by atoms with Crippen molar-refractivity contribution >= 4 is 11.7 Å². The Bertz CT molecular complexity index is 543. The molecule has 0 saturated heterocycles. The number of aromatic nitrogens is 2. The van der Waals surface area contributed by atoms with E-state index in [1.165, 1.54) is 11.1 Å². The number of aliphatic hydroxyl groups excluding tert-OH is 1. The van der Waals surface area contributed by atoms with Crippen LogP contribution in [0.25, 0.3) is 0 Å². The Balaban J connectivity index is 2.25. The summed E-state index contributed by atoms with van der Waals surface area (Å²) in [6.07, 6.45) is 3.13. The molecule has 2 aromatic heterocycles. The molecule has 0 radical (unpaired) electrons. The van der Waals surface area contributed by atoms with E-state index in [0.29, 0.717) is 17.1 Å². The van der Waals surface area contributed by atoms with Gasteiger partial charge in [0.1, 0.15) is 5.82 Å². The van der Waals surface area contributed by atoms with Crippen LogP contribution in [0.15, 0.2) is 42.7 Å². The maximum atomic E-state index is 12.2. The van der Waals surface area contributed by atoms with Gasteiger partial charge in [-0.15, -0.1) is 0 Å². The highest BCUT2D eigenvalue weighted by Gasteiger charge is 2.14. The highest BCUT2D eigenvalue weighted by atomic mass is 16.3. The number of amides is 1. The first-order valence-corrected chi connectivity index (χ1v) is 5.47. The molecule has 92 valence electrons. The molecule has 2 heterocycles. The fourth-order valence-corrected chi connectivity index (χ4v) is 1.55. The molecule has 0 fully saturated rings. The van der Waals surface area contributed by atoms with Crippen molar-refractivity contribution in [1.82, 2.24) is 9.97 Å². The normalized spacial score (nSPS) is 10.1. The number of rotatable bonds is 3. The van der Waals surface area contributed by atoms with Gasteiger partial charge in [0.05, 0.1) is 12.3 Å². The van der Waals surface area contributed by atoms with Gasteiger partial charge in [-0.3, -0.25) is 14.7 Å². The zero-order valence-corrected chi connectivity index (χ0v) is 9.95. The Morgan fingerprint density at radius 2 is 2.11 bits per heavy atom. The number of anilines is 1.